The molecule has 2 fully saturated rings. The molecule has 1 aromatic rings. The third kappa shape index (κ3) is 3.47. The van der Waals surface area contributed by atoms with E-state index in [0.717, 1.165) is 68.6 Å². The molecule has 0 aromatic heterocycles. The van der Waals surface area contributed by atoms with E-state index in [-0.39, 0.29) is 11.9 Å². The van der Waals surface area contributed by atoms with Crippen LogP contribution in [0.25, 0.3) is 0 Å². The number of Topliss-reactive ketones (excluding diaryl/α,β-unsaturated/α-hetero) is 1. The summed E-state index contributed by atoms with van der Waals surface area (Å²) in [4.78, 5) is 15.7. The van der Waals surface area contributed by atoms with E-state index in [1.165, 1.54) is 12.8 Å². The van der Waals surface area contributed by atoms with Crippen LogP contribution < -0.4 is 10.1 Å². The first-order valence-corrected chi connectivity index (χ1v) is 9.99. The van der Waals surface area contributed by atoms with Crippen LogP contribution in [0.1, 0.15) is 49.9 Å². The van der Waals surface area contributed by atoms with Gasteiger partial charge in [-0.2, -0.15) is 0 Å². The summed E-state index contributed by atoms with van der Waals surface area (Å²) in [6, 6.07) is 5.86. The zero-order chi connectivity index (χ0) is 18.1. The Balaban J connectivity index is 1.40. The standard InChI is InChI=1S/C21H30N2O3/c1-15(2)26-17-3-4-19-18(13-17)20(24)21(22-19)7-9-23(10-8-21)14-16-5-11-25-12-6-16/h3-4,13,15-16,22H,5-12,14H2,1-2H3. The van der Waals surface area contributed by atoms with Crippen molar-refractivity contribution in [2.24, 2.45) is 5.92 Å². The van der Waals surface area contributed by atoms with Crippen LogP contribution in [0.2, 0.25) is 0 Å². The number of ketones is 1. The van der Waals surface area contributed by atoms with Crippen molar-refractivity contribution in [3.8, 4) is 5.75 Å². The molecule has 0 saturated carbocycles. The Kier molecular flexibility index (Phi) is 4.93. The first kappa shape index (κ1) is 17.8. The van der Waals surface area contributed by atoms with Crippen LogP contribution in [0.4, 0.5) is 5.69 Å². The van der Waals surface area contributed by atoms with E-state index in [4.69, 9.17) is 9.47 Å². The molecule has 0 aliphatic carbocycles. The number of nitrogens with zero attached hydrogens (tertiary/aromatic N) is 1. The molecule has 0 bridgehead atoms. The van der Waals surface area contributed by atoms with Crippen LogP contribution in [0.5, 0.6) is 5.75 Å². The van der Waals surface area contributed by atoms with Crippen molar-refractivity contribution in [2.45, 2.75) is 51.2 Å². The molecular formula is C21H30N2O3. The number of carbonyl (C=O) groups is 1. The van der Waals surface area contributed by atoms with Crippen LogP contribution in [-0.2, 0) is 4.74 Å². The van der Waals surface area contributed by atoms with Gasteiger partial charge < -0.3 is 19.7 Å². The number of ether oxygens (including phenoxy) is 2. The lowest BCUT2D eigenvalue weighted by atomic mass is 9.83. The topological polar surface area (TPSA) is 50.8 Å². The van der Waals surface area contributed by atoms with Gasteiger partial charge in [-0.1, -0.05) is 0 Å². The Morgan fingerprint density at radius 1 is 1.27 bits per heavy atom. The number of nitrogens with one attached hydrogen (secondary N) is 1. The van der Waals surface area contributed by atoms with E-state index in [9.17, 15) is 4.79 Å². The first-order valence-electron chi connectivity index (χ1n) is 9.99. The van der Waals surface area contributed by atoms with Gasteiger partial charge in [-0.15, -0.1) is 0 Å². The number of fused-ring (bicyclic) bond motifs is 1. The predicted octanol–water partition coefficient (Wildman–Crippen LogP) is 3.34. The Labute approximate surface area is 156 Å². The Morgan fingerprint density at radius 2 is 2.00 bits per heavy atom. The fraction of sp³-hybridized carbons (Fsp3) is 0.667. The summed E-state index contributed by atoms with van der Waals surface area (Å²) < 4.78 is 11.2. The highest BCUT2D eigenvalue weighted by Crippen LogP contribution is 2.40. The van der Waals surface area contributed by atoms with Crippen LogP contribution in [0.15, 0.2) is 18.2 Å². The molecule has 4 rings (SSSR count). The zero-order valence-electron chi connectivity index (χ0n) is 15.9. The predicted molar refractivity (Wildman–Crippen MR) is 102 cm³/mol. The monoisotopic (exact) mass is 358 g/mol. The van der Waals surface area contributed by atoms with E-state index < -0.39 is 5.54 Å². The molecule has 1 N–H and O–H groups in total. The number of likely N-dealkylation sites (tertiary alicyclic amines) is 1. The van der Waals surface area contributed by atoms with E-state index in [1.54, 1.807) is 0 Å². The van der Waals surface area contributed by atoms with Gasteiger partial charge in [0.05, 0.1) is 6.10 Å². The summed E-state index contributed by atoms with van der Waals surface area (Å²) >= 11 is 0. The second-order valence-electron chi connectivity index (χ2n) is 8.27. The minimum atomic E-state index is -0.412. The average molecular weight is 358 g/mol. The molecule has 3 aliphatic heterocycles. The van der Waals surface area contributed by atoms with Gasteiger partial charge in [-0.3, -0.25) is 4.79 Å². The molecule has 0 unspecified atom stereocenters. The minimum absolute atomic E-state index is 0.111. The molecule has 3 heterocycles. The highest BCUT2D eigenvalue weighted by atomic mass is 16.5. The molecule has 2 saturated heterocycles. The average Bonchev–Trinajstić information content (AvgIpc) is 2.90. The molecular weight excluding hydrogens is 328 g/mol. The van der Waals surface area contributed by atoms with Crippen molar-refractivity contribution < 1.29 is 14.3 Å². The van der Waals surface area contributed by atoms with Crippen LogP contribution in [0, 0.1) is 5.92 Å². The van der Waals surface area contributed by atoms with Gasteiger partial charge in [-0.25, -0.2) is 0 Å². The second-order valence-corrected chi connectivity index (χ2v) is 8.27. The summed E-state index contributed by atoms with van der Waals surface area (Å²) in [5, 5.41) is 3.55. The maximum atomic E-state index is 13.2. The van der Waals surface area contributed by atoms with Crippen molar-refractivity contribution in [2.75, 3.05) is 38.2 Å². The minimum Gasteiger partial charge on any atom is -0.491 e. The fourth-order valence-corrected chi connectivity index (χ4v) is 4.50. The maximum Gasteiger partial charge on any atom is 0.190 e. The van der Waals surface area contributed by atoms with Crippen molar-refractivity contribution in [1.29, 1.82) is 0 Å². The Bertz CT molecular complexity index is 659. The van der Waals surface area contributed by atoms with Crippen LogP contribution in [0.3, 0.4) is 0 Å². The summed E-state index contributed by atoms with van der Waals surface area (Å²) in [6.45, 7) is 8.93. The van der Waals surface area contributed by atoms with Gasteiger partial charge in [0.25, 0.3) is 0 Å². The number of piperidine rings is 1. The van der Waals surface area contributed by atoms with Gasteiger partial charge in [0, 0.05) is 44.1 Å². The number of hydrogen-bond donors (Lipinski definition) is 1. The third-order valence-electron chi connectivity index (χ3n) is 5.98. The quantitative estimate of drug-likeness (QED) is 0.895. The highest BCUT2D eigenvalue weighted by molar-refractivity contribution is 6.13. The van der Waals surface area contributed by atoms with Crippen molar-refractivity contribution in [3.05, 3.63) is 23.8 Å². The number of hydrogen-bond acceptors (Lipinski definition) is 5. The van der Waals surface area contributed by atoms with Gasteiger partial charge in [-0.05, 0) is 63.6 Å². The lowest BCUT2D eigenvalue weighted by Gasteiger charge is -2.40. The lowest BCUT2D eigenvalue weighted by Crippen LogP contribution is -2.52. The van der Waals surface area contributed by atoms with Gasteiger partial charge in [0.2, 0.25) is 0 Å². The second kappa shape index (κ2) is 7.20. The van der Waals surface area contributed by atoms with Crippen molar-refractivity contribution in [3.63, 3.8) is 0 Å². The van der Waals surface area contributed by atoms with E-state index >= 15 is 0 Å². The normalized spacial score (nSPS) is 23.3. The molecule has 0 radical (unpaired) electrons. The van der Waals surface area contributed by atoms with E-state index in [2.05, 4.69) is 10.2 Å². The molecule has 5 heteroatoms. The SMILES string of the molecule is CC(C)Oc1ccc2c(c1)C(=O)C1(CCN(CC3CCOCC3)CC1)N2. The van der Waals surface area contributed by atoms with Crippen molar-refractivity contribution in [1.82, 2.24) is 4.90 Å². The number of carbonyl (C=O) groups excluding carboxylic acids is 1. The molecule has 1 aromatic carbocycles. The molecule has 1 spiro atoms. The van der Waals surface area contributed by atoms with Crippen LogP contribution >= 0.6 is 0 Å². The molecule has 26 heavy (non-hydrogen) atoms. The van der Waals surface area contributed by atoms with Gasteiger partial charge in [0.1, 0.15) is 11.3 Å². The summed E-state index contributed by atoms with van der Waals surface area (Å²) in [5.41, 5.74) is 1.34. The number of benzene rings is 1. The summed E-state index contributed by atoms with van der Waals surface area (Å²) in [6.07, 6.45) is 4.21. The highest BCUT2D eigenvalue weighted by Gasteiger charge is 2.47. The smallest absolute Gasteiger partial charge is 0.190 e. The van der Waals surface area contributed by atoms with Gasteiger partial charge in [0.15, 0.2) is 5.78 Å². The molecule has 3 aliphatic rings. The van der Waals surface area contributed by atoms with E-state index in [0.29, 0.717) is 0 Å². The number of anilines is 1. The first-order chi connectivity index (χ1) is 12.6. The van der Waals surface area contributed by atoms with Gasteiger partial charge >= 0.3 is 0 Å². The largest absolute Gasteiger partial charge is 0.491 e. The van der Waals surface area contributed by atoms with Crippen molar-refractivity contribution >= 4 is 11.5 Å². The summed E-state index contributed by atoms with van der Waals surface area (Å²) in [5.74, 6) is 1.77. The molecule has 0 atom stereocenters. The Hall–Kier alpha value is -1.59. The molecule has 142 valence electrons. The molecule has 0 amide bonds. The van der Waals surface area contributed by atoms with E-state index in [1.807, 2.05) is 32.0 Å². The maximum absolute atomic E-state index is 13.2. The summed E-state index contributed by atoms with van der Waals surface area (Å²) in [7, 11) is 0. The van der Waals surface area contributed by atoms with Crippen LogP contribution in [-0.4, -0.2) is 55.2 Å². The fourth-order valence-electron chi connectivity index (χ4n) is 4.50. The third-order valence-corrected chi connectivity index (χ3v) is 5.98. The lowest BCUT2D eigenvalue weighted by molar-refractivity contribution is 0.0454. The Morgan fingerprint density at radius 3 is 2.69 bits per heavy atom. The molecule has 5 nitrogen and oxygen atoms in total. The zero-order valence-corrected chi connectivity index (χ0v) is 15.9. The number of rotatable bonds is 4.